The van der Waals surface area contributed by atoms with Crippen LogP contribution in [0.15, 0.2) is 46.9 Å². The minimum atomic E-state index is 0.182. The molecular weight excluding hydrogens is 462 g/mol. The predicted octanol–water partition coefficient (Wildman–Crippen LogP) is 5.75. The van der Waals surface area contributed by atoms with Gasteiger partial charge < -0.3 is 4.57 Å². The van der Waals surface area contributed by atoms with Gasteiger partial charge in [0.05, 0.1) is 23.0 Å². The van der Waals surface area contributed by atoms with E-state index in [2.05, 4.69) is 91.4 Å². The molecule has 0 fully saturated rings. The van der Waals surface area contributed by atoms with Crippen LogP contribution in [0, 0.1) is 3.57 Å². The number of fused-ring (bicyclic) bond motifs is 1. The van der Waals surface area contributed by atoms with Crippen LogP contribution in [0.3, 0.4) is 0 Å². The van der Waals surface area contributed by atoms with Crippen molar-refractivity contribution < 1.29 is 0 Å². The second-order valence-corrected chi connectivity index (χ2v) is 7.32. The van der Waals surface area contributed by atoms with E-state index in [4.69, 9.17) is 11.6 Å². The van der Waals surface area contributed by atoms with Crippen LogP contribution in [0.2, 0.25) is 0 Å². The molecule has 0 bridgehead atoms. The van der Waals surface area contributed by atoms with Gasteiger partial charge in [-0.25, -0.2) is 4.98 Å². The molecule has 5 heteroatoms. The highest BCUT2D eigenvalue weighted by Gasteiger charge is 2.17. The van der Waals surface area contributed by atoms with Gasteiger partial charge in [0, 0.05) is 8.04 Å². The highest BCUT2D eigenvalue weighted by Crippen LogP contribution is 2.29. The maximum atomic E-state index is 6.11. The van der Waals surface area contributed by atoms with Crippen LogP contribution >= 0.6 is 50.1 Å². The van der Waals surface area contributed by atoms with Gasteiger partial charge in [0.2, 0.25) is 0 Å². The monoisotopic (exact) mass is 474 g/mol. The van der Waals surface area contributed by atoms with Crippen molar-refractivity contribution in [1.29, 1.82) is 0 Å². The Balaban J connectivity index is 2.18. The van der Waals surface area contributed by atoms with E-state index in [1.807, 2.05) is 6.07 Å². The Kier molecular flexibility index (Phi) is 4.57. The molecule has 3 rings (SSSR count). The standard InChI is InChI=1S/C16H13BrClIN2/c1-10(11-3-2-4-12(17)7-11)21-15-6-5-13(19)8-14(15)20-16(21)9-18/h2-8,10H,9H2,1H3. The zero-order valence-electron chi connectivity index (χ0n) is 11.4. The Bertz CT molecular complexity index is 800. The molecule has 2 nitrogen and oxygen atoms in total. The fraction of sp³-hybridized carbons (Fsp3) is 0.188. The Morgan fingerprint density at radius 2 is 2.10 bits per heavy atom. The molecule has 0 aliphatic heterocycles. The minimum absolute atomic E-state index is 0.182. The van der Waals surface area contributed by atoms with Gasteiger partial charge in [0.25, 0.3) is 0 Å². The zero-order valence-corrected chi connectivity index (χ0v) is 15.9. The van der Waals surface area contributed by atoms with Gasteiger partial charge in [-0.3, -0.25) is 0 Å². The van der Waals surface area contributed by atoms with Gasteiger partial charge in [-0.2, -0.15) is 0 Å². The second-order valence-electron chi connectivity index (χ2n) is 4.90. The molecule has 0 spiro atoms. The van der Waals surface area contributed by atoms with E-state index >= 15 is 0 Å². The Hall–Kier alpha value is -0.590. The van der Waals surface area contributed by atoms with E-state index in [0.29, 0.717) is 5.88 Å². The van der Waals surface area contributed by atoms with Crippen molar-refractivity contribution >= 4 is 61.2 Å². The summed E-state index contributed by atoms with van der Waals surface area (Å²) in [5.74, 6) is 1.31. The lowest BCUT2D eigenvalue weighted by molar-refractivity contribution is 0.633. The first-order valence-corrected chi connectivity index (χ1v) is 8.98. The van der Waals surface area contributed by atoms with E-state index in [1.54, 1.807) is 0 Å². The van der Waals surface area contributed by atoms with Crippen molar-refractivity contribution in [2.24, 2.45) is 0 Å². The summed E-state index contributed by atoms with van der Waals surface area (Å²) in [5.41, 5.74) is 3.35. The molecule has 21 heavy (non-hydrogen) atoms. The number of benzene rings is 2. The molecule has 1 unspecified atom stereocenters. The van der Waals surface area contributed by atoms with Crippen molar-refractivity contribution in [3.05, 3.63) is 61.9 Å². The molecule has 0 amide bonds. The molecule has 0 aliphatic rings. The first kappa shape index (κ1) is 15.3. The van der Waals surface area contributed by atoms with Gasteiger partial charge in [-0.1, -0.05) is 28.1 Å². The van der Waals surface area contributed by atoms with E-state index in [1.165, 1.54) is 9.13 Å². The highest BCUT2D eigenvalue weighted by molar-refractivity contribution is 14.1. The number of halogens is 3. The number of aromatic nitrogens is 2. The Morgan fingerprint density at radius 3 is 2.81 bits per heavy atom. The van der Waals surface area contributed by atoms with Crippen molar-refractivity contribution in [1.82, 2.24) is 9.55 Å². The van der Waals surface area contributed by atoms with Gasteiger partial charge in [-0.15, -0.1) is 11.6 Å². The topological polar surface area (TPSA) is 17.8 Å². The highest BCUT2D eigenvalue weighted by atomic mass is 127. The minimum Gasteiger partial charge on any atom is -0.320 e. The van der Waals surface area contributed by atoms with Gasteiger partial charge >= 0.3 is 0 Å². The summed E-state index contributed by atoms with van der Waals surface area (Å²) in [4.78, 5) is 4.68. The summed E-state index contributed by atoms with van der Waals surface area (Å²) in [7, 11) is 0. The lowest BCUT2D eigenvalue weighted by atomic mass is 10.1. The summed E-state index contributed by atoms with van der Waals surface area (Å²) in [6.07, 6.45) is 0. The molecule has 108 valence electrons. The van der Waals surface area contributed by atoms with Gasteiger partial charge in [0.15, 0.2) is 0 Å². The van der Waals surface area contributed by atoms with E-state index in [9.17, 15) is 0 Å². The molecule has 0 aliphatic carbocycles. The molecule has 1 aromatic heterocycles. The molecular formula is C16H13BrClIN2. The Morgan fingerprint density at radius 1 is 1.29 bits per heavy atom. The van der Waals surface area contributed by atoms with Gasteiger partial charge in [0.1, 0.15) is 5.82 Å². The number of rotatable bonds is 3. The largest absolute Gasteiger partial charge is 0.320 e. The lowest BCUT2D eigenvalue weighted by Crippen LogP contribution is -2.09. The number of alkyl halides is 1. The van der Waals surface area contributed by atoms with Crippen LogP contribution in [0.5, 0.6) is 0 Å². The smallest absolute Gasteiger partial charge is 0.125 e. The fourth-order valence-electron chi connectivity index (χ4n) is 2.56. The fourth-order valence-corrected chi connectivity index (χ4v) is 3.64. The normalized spacial score (nSPS) is 12.8. The first-order chi connectivity index (χ1) is 10.1. The zero-order chi connectivity index (χ0) is 15.0. The van der Waals surface area contributed by atoms with E-state index in [-0.39, 0.29) is 6.04 Å². The number of imidazole rings is 1. The summed E-state index contributed by atoms with van der Waals surface area (Å²) in [6.45, 7) is 2.18. The average molecular weight is 476 g/mol. The molecule has 3 aromatic rings. The summed E-state index contributed by atoms with van der Waals surface area (Å²) in [6, 6.07) is 14.9. The molecule has 1 heterocycles. The number of hydrogen-bond donors (Lipinski definition) is 0. The van der Waals surface area contributed by atoms with Crippen LogP contribution in [-0.4, -0.2) is 9.55 Å². The van der Waals surface area contributed by atoms with Crippen LogP contribution in [0.4, 0.5) is 0 Å². The molecule has 0 saturated carbocycles. The van der Waals surface area contributed by atoms with Crippen LogP contribution in [0.1, 0.15) is 24.4 Å². The maximum Gasteiger partial charge on any atom is 0.125 e. The van der Waals surface area contributed by atoms with Gasteiger partial charge in [-0.05, 0) is 65.4 Å². The van der Waals surface area contributed by atoms with Crippen LogP contribution in [0.25, 0.3) is 11.0 Å². The Labute approximate surface area is 150 Å². The van der Waals surface area contributed by atoms with Crippen LogP contribution < -0.4 is 0 Å². The molecule has 1 atom stereocenters. The predicted molar refractivity (Wildman–Crippen MR) is 100.0 cm³/mol. The lowest BCUT2D eigenvalue weighted by Gasteiger charge is -2.18. The second kappa shape index (κ2) is 6.26. The first-order valence-electron chi connectivity index (χ1n) is 6.58. The molecule has 0 saturated heterocycles. The SMILES string of the molecule is CC(c1cccc(Br)c1)n1c(CCl)nc2cc(I)ccc21. The third-order valence-electron chi connectivity index (χ3n) is 3.56. The van der Waals surface area contributed by atoms with E-state index in [0.717, 1.165) is 21.3 Å². The number of hydrogen-bond acceptors (Lipinski definition) is 1. The average Bonchev–Trinajstić information content (AvgIpc) is 2.83. The third kappa shape index (κ3) is 2.98. The summed E-state index contributed by atoms with van der Waals surface area (Å²) in [5, 5.41) is 0. The third-order valence-corrected chi connectivity index (χ3v) is 4.97. The maximum absolute atomic E-state index is 6.11. The van der Waals surface area contributed by atoms with E-state index < -0.39 is 0 Å². The molecule has 0 N–H and O–H groups in total. The molecule has 0 radical (unpaired) electrons. The summed E-state index contributed by atoms with van der Waals surface area (Å²) < 4.78 is 4.49. The number of nitrogens with zero attached hydrogens (tertiary/aromatic N) is 2. The van der Waals surface area contributed by atoms with Crippen molar-refractivity contribution in [3.8, 4) is 0 Å². The van der Waals surface area contributed by atoms with Crippen molar-refractivity contribution in [2.75, 3.05) is 0 Å². The van der Waals surface area contributed by atoms with Crippen LogP contribution in [-0.2, 0) is 5.88 Å². The summed E-state index contributed by atoms with van der Waals surface area (Å²) >= 11 is 12.0. The molecule has 2 aromatic carbocycles. The van der Waals surface area contributed by atoms with Crippen molar-refractivity contribution in [2.45, 2.75) is 18.8 Å². The van der Waals surface area contributed by atoms with Crippen molar-refractivity contribution in [3.63, 3.8) is 0 Å². The quantitative estimate of drug-likeness (QED) is 0.348.